The molecule has 16 heavy (non-hydrogen) atoms. The van der Waals surface area contributed by atoms with E-state index in [1.807, 2.05) is 0 Å². The first-order valence-corrected chi connectivity index (χ1v) is 5.76. The van der Waals surface area contributed by atoms with E-state index in [0.717, 1.165) is 12.8 Å². The number of hydrogen-bond acceptors (Lipinski definition) is 2. The molecule has 4 nitrogen and oxygen atoms in total. The van der Waals surface area contributed by atoms with Crippen LogP contribution in [0.2, 0.25) is 0 Å². The number of amides is 1. The van der Waals surface area contributed by atoms with Crippen molar-refractivity contribution >= 4 is 11.9 Å². The Morgan fingerprint density at radius 2 is 2.06 bits per heavy atom. The summed E-state index contributed by atoms with van der Waals surface area (Å²) in [4.78, 5) is 22.4. The molecule has 1 fully saturated rings. The molecule has 0 aromatic carbocycles. The summed E-state index contributed by atoms with van der Waals surface area (Å²) in [5.74, 6) is -0.709. The van der Waals surface area contributed by atoms with Gasteiger partial charge in [-0.1, -0.05) is 18.9 Å². The van der Waals surface area contributed by atoms with Gasteiger partial charge in [-0.25, -0.2) is 4.79 Å². The first kappa shape index (κ1) is 12.7. The molecule has 1 rings (SSSR count). The van der Waals surface area contributed by atoms with E-state index in [1.165, 1.54) is 18.9 Å². The number of nitrogens with one attached hydrogen (secondary N) is 1. The van der Waals surface area contributed by atoms with Crippen LogP contribution >= 0.6 is 0 Å². The van der Waals surface area contributed by atoms with Crippen LogP contribution in [0.5, 0.6) is 0 Å². The van der Waals surface area contributed by atoms with Crippen LogP contribution in [-0.2, 0) is 9.59 Å². The second-order valence-electron chi connectivity index (χ2n) is 4.34. The number of carbonyl (C=O) groups excluding carboxylic acids is 1. The topological polar surface area (TPSA) is 66.4 Å². The van der Waals surface area contributed by atoms with Crippen LogP contribution < -0.4 is 5.32 Å². The maximum atomic E-state index is 11.6. The number of hydrogen-bond donors (Lipinski definition) is 2. The molecule has 1 aliphatic carbocycles. The Balaban J connectivity index is 2.35. The van der Waals surface area contributed by atoms with E-state index in [-0.39, 0.29) is 12.3 Å². The van der Waals surface area contributed by atoms with Gasteiger partial charge in [-0.2, -0.15) is 0 Å². The lowest BCUT2D eigenvalue weighted by molar-refractivity contribution is -0.141. The van der Waals surface area contributed by atoms with E-state index in [0.29, 0.717) is 12.3 Å². The minimum atomic E-state index is -1.00. The lowest BCUT2D eigenvalue weighted by Crippen LogP contribution is -2.40. The molecule has 1 atom stereocenters. The summed E-state index contributed by atoms with van der Waals surface area (Å²) < 4.78 is 0. The summed E-state index contributed by atoms with van der Waals surface area (Å²) in [7, 11) is 0. The molecule has 0 saturated heterocycles. The lowest BCUT2D eigenvalue weighted by Gasteiger charge is -2.14. The van der Waals surface area contributed by atoms with Gasteiger partial charge < -0.3 is 10.4 Å². The standard InChI is InChI=1S/C12H19NO3/c1-2-5-10(12(15)16)13-11(14)8-9-6-3-4-7-9/h2,9-10H,1,3-8H2,(H,13,14)(H,15,16)/t10-/m1/s1. The molecule has 90 valence electrons. The van der Waals surface area contributed by atoms with Gasteiger partial charge in [0.2, 0.25) is 5.91 Å². The lowest BCUT2D eigenvalue weighted by atomic mass is 10.0. The average Bonchev–Trinajstić information content (AvgIpc) is 2.69. The van der Waals surface area contributed by atoms with Crippen molar-refractivity contribution in [3.63, 3.8) is 0 Å². The smallest absolute Gasteiger partial charge is 0.326 e. The fourth-order valence-electron chi connectivity index (χ4n) is 2.12. The van der Waals surface area contributed by atoms with Gasteiger partial charge in [0.15, 0.2) is 0 Å². The Labute approximate surface area is 95.7 Å². The number of carboxylic acids is 1. The summed E-state index contributed by atoms with van der Waals surface area (Å²) in [5, 5.41) is 11.4. The van der Waals surface area contributed by atoms with Crippen LogP contribution in [0.25, 0.3) is 0 Å². The quantitative estimate of drug-likeness (QED) is 0.676. The zero-order valence-electron chi connectivity index (χ0n) is 9.45. The van der Waals surface area contributed by atoms with Gasteiger partial charge in [0.05, 0.1) is 0 Å². The van der Waals surface area contributed by atoms with Crippen molar-refractivity contribution in [3.05, 3.63) is 12.7 Å². The minimum absolute atomic E-state index is 0.152. The molecule has 0 spiro atoms. The van der Waals surface area contributed by atoms with Gasteiger partial charge >= 0.3 is 5.97 Å². The summed E-state index contributed by atoms with van der Waals surface area (Å²) in [5.41, 5.74) is 0. The first-order valence-electron chi connectivity index (χ1n) is 5.76. The van der Waals surface area contributed by atoms with Crippen LogP contribution in [0, 0.1) is 5.92 Å². The molecule has 0 aliphatic heterocycles. The first-order chi connectivity index (χ1) is 7.63. The van der Waals surface area contributed by atoms with Crippen molar-refractivity contribution in [2.24, 2.45) is 5.92 Å². The highest BCUT2D eigenvalue weighted by Crippen LogP contribution is 2.27. The predicted molar refractivity (Wildman–Crippen MR) is 61.0 cm³/mol. The van der Waals surface area contributed by atoms with Crippen LogP contribution in [-0.4, -0.2) is 23.0 Å². The largest absolute Gasteiger partial charge is 0.480 e. The number of carboxylic acid groups (broad SMARTS) is 1. The van der Waals surface area contributed by atoms with Crippen molar-refractivity contribution in [1.29, 1.82) is 0 Å². The zero-order chi connectivity index (χ0) is 12.0. The molecular weight excluding hydrogens is 206 g/mol. The Hall–Kier alpha value is -1.32. The molecule has 0 radical (unpaired) electrons. The summed E-state index contributed by atoms with van der Waals surface area (Å²) in [6, 6.07) is -0.827. The van der Waals surface area contributed by atoms with E-state index < -0.39 is 12.0 Å². The van der Waals surface area contributed by atoms with E-state index >= 15 is 0 Å². The summed E-state index contributed by atoms with van der Waals surface area (Å²) in [6.45, 7) is 3.48. The third-order valence-electron chi connectivity index (χ3n) is 2.98. The molecule has 0 aromatic heterocycles. The third-order valence-corrected chi connectivity index (χ3v) is 2.98. The maximum Gasteiger partial charge on any atom is 0.326 e. The minimum Gasteiger partial charge on any atom is -0.480 e. The number of carbonyl (C=O) groups is 2. The molecule has 2 N–H and O–H groups in total. The van der Waals surface area contributed by atoms with Gasteiger partial charge in [-0.3, -0.25) is 4.79 Å². The van der Waals surface area contributed by atoms with E-state index in [4.69, 9.17) is 5.11 Å². The predicted octanol–water partition coefficient (Wildman–Crippen LogP) is 1.71. The van der Waals surface area contributed by atoms with Crippen molar-refractivity contribution in [2.75, 3.05) is 0 Å². The second-order valence-corrected chi connectivity index (χ2v) is 4.34. The Morgan fingerprint density at radius 3 is 2.56 bits per heavy atom. The van der Waals surface area contributed by atoms with Crippen molar-refractivity contribution in [1.82, 2.24) is 5.32 Å². The molecule has 1 amide bonds. The zero-order valence-corrected chi connectivity index (χ0v) is 9.45. The molecule has 0 heterocycles. The van der Waals surface area contributed by atoms with Crippen LogP contribution in [0.15, 0.2) is 12.7 Å². The van der Waals surface area contributed by atoms with Crippen LogP contribution in [0.1, 0.15) is 38.5 Å². The monoisotopic (exact) mass is 225 g/mol. The highest BCUT2D eigenvalue weighted by atomic mass is 16.4. The fraction of sp³-hybridized carbons (Fsp3) is 0.667. The van der Waals surface area contributed by atoms with Crippen molar-refractivity contribution < 1.29 is 14.7 Å². The number of aliphatic carboxylic acids is 1. The molecule has 0 aromatic rings. The Bertz CT molecular complexity index is 269. The van der Waals surface area contributed by atoms with Crippen LogP contribution in [0.4, 0.5) is 0 Å². The Kier molecular flexibility index (Phi) is 5.02. The molecule has 0 unspecified atom stereocenters. The van der Waals surface area contributed by atoms with Gasteiger partial charge in [0.25, 0.3) is 0 Å². The highest BCUT2D eigenvalue weighted by Gasteiger charge is 2.22. The molecular formula is C12H19NO3. The highest BCUT2D eigenvalue weighted by molar-refractivity contribution is 5.83. The molecule has 1 saturated carbocycles. The van der Waals surface area contributed by atoms with Crippen LogP contribution in [0.3, 0.4) is 0 Å². The SMILES string of the molecule is C=CC[C@@H](NC(=O)CC1CCCC1)C(=O)O. The van der Waals surface area contributed by atoms with E-state index in [1.54, 1.807) is 0 Å². The molecule has 4 heteroatoms. The average molecular weight is 225 g/mol. The van der Waals surface area contributed by atoms with Crippen molar-refractivity contribution in [2.45, 2.75) is 44.6 Å². The normalized spacial score (nSPS) is 18.0. The second kappa shape index (κ2) is 6.30. The summed E-state index contributed by atoms with van der Waals surface area (Å²) >= 11 is 0. The van der Waals surface area contributed by atoms with E-state index in [9.17, 15) is 9.59 Å². The molecule has 0 bridgehead atoms. The van der Waals surface area contributed by atoms with Gasteiger partial charge in [0.1, 0.15) is 6.04 Å². The van der Waals surface area contributed by atoms with Gasteiger partial charge in [0, 0.05) is 6.42 Å². The van der Waals surface area contributed by atoms with Gasteiger partial charge in [-0.05, 0) is 25.2 Å². The number of rotatable bonds is 6. The summed E-state index contributed by atoms with van der Waals surface area (Å²) in [6.07, 6.45) is 6.79. The van der Waals surface area contributed by atoms with Gasteiger partial charge in [-0.15, -0.1) is 6.58 Å². The fourth-order valence-corrected chi connectivity index (χ4v) is 2.12. The Morgan fingerprint density at radius 1 is 1.44 bits per heavy atom. The van der Waals surface area contributed by atoms with Crippen molar-refractivity contribution in [3.8, 4) is 0 Å². The molecule has 1 aliphatic rings. The van der Waals surface area contributed by atoms with E-state index in [2.05, 4.69) is 11.9 Å². The third kappa shape index (κ3) is 4.04. The maximum absolute atomic E-state index is 11.6.